The highest BCUT2D eigenvalue weighted by atomic mass is 16.2. The first kappa shape index (κ1) is 20.8. The first-order valence-electron chi connectivity index (χ1n) is 11.2. The second-order valence-electron chi connectivity index (χ2n) is 8.69. The Morgan fingerprint density at radius 2 is 1.80 bits per heavy atom. The number of carbonyl (C=O) groups is 3. The summed E-state index contributed by atoms with van der Waals surface area (Å²) in [5.41, 5.74) is 1.20. The lowest BCUT2D eigenvalue weighted by Gasteiger charge is -2.32. The Labute approximate surface area is 178 Å². The summed E-state index contributed by atoms with van der Waals surface area (Å²) in [4.78, 5) is 44.1. The molecule has 0 aromatic heterocycles. The monoisotopic (exact) mass is 412 g/mol. The summed E-state index contributed by atoms with van der Waals surface area (Å²) in [6, 6.07) is 9.61. The van der Waals surface area contributed by atoms with Crippen molar-refractivity contribution in [2.24, 2.45) is 5.92 Å². The summed E-state index contributed by atoms with van der Waals surface area (Å²) in [6.45, 7) is 5.51. The molecule has 3 amide bonds. The average molecular weight is 413 g/mol. The third-order valence-corrected chi connectivity index (χ3v) is 6.53. The van der Waals surface area contributed by atoms with Gasteiger partial charge in [0.1, 0.15) is 6.04 Å². The van der Waals surface area contributed by atoms with Crippen LogP contribution < -0.4 is 5.32 Å². The van der Waals surface area contributed by atoms with Gasteiger partial charge in [-0.1, -0.05) is 30.3 Å². The molecule has 1 saturated carbocycles. The van der Waals surface area contributed by atoms with E-state index in [0.29, 0.717) is 32.6 Å². The van der Waals surface area contributed by atoms with Gasteiger partial charge < -0.3 is 20.0 Å². The molecular weight excluding hydrogens is 380 g/mol. The van der Waals surface area contributed by atoms with Gasteiger partial charge in [0.25, 0.3) is 0 Å². The quantitative estimate of drug-likeness (QED) is 0.753. The fourth-order valence-corrected chi connectivity index (χ4v) is 4.65. The summed E-state index contributed by atoms with van der Waals surface area (Å²) in [6.07, 6.45) is 3.22. The van der Waals surface area contributed by atoms with Crippen LogP contribution in [0.3, 0.4) is 0 Å². The van der Waals surface area contributed by atoms with Gasteiger partial charge in [0, 0.05) is 52.1 Å². The maximum Gasteiger partial charge on any atom is 0.245 e. The molecular formula is C23H32N4O3. The van der Waals surface area contributed by atoms with Crippen molar-refractivity contribution in [3.05, 3.63) is 35.9 Å². The van der Waals surface area contributed by atoms with Gasteiger partial charge in [-0.3, -0.25) is 14.4 Å². The van der Waals surface area contributed by atoms with Gasteiger partial charge in [-0.25, -0.2) is 0 Å². The number of nitrogens with zero attached hydrogens (tertiary/aromatic N) is 3. The summed E-state index contributed by atoms with van der Waals surface area (Å²) >= 11 is 0. The predicted octanol–water partition coefficient (Wildman–Crippen LogP) is 0.889. The van der Waals surface area contributed by atoms with Crippen LogP contribution in [0.1, 0.15) is 31.7 Å². The Bertz CT molecular complexity index is 774. The maximum atomic E-state index is 13.2. The Balaban J connectivity index is 1.49. The Kier molecular flexibility index (Phi) is 6.37. The minimum atomic E-state index is -0.461. The molecule has 7 nitrogen and oxygen atoms in total. The number of piperazine rings is 1. The normalized spacial score (nSPS) is 24.0. The minimum Gasteiger partial charge on any atom is -0.338 e. The average Bonchev–Trinajstić information content (AvgIpc) is 3.53. The molecule has 1 aliphatic carbocycles. The van der Waals surface area contributed by atoms with E-state index in [1.807, 2.05) is 28.0 Å². The molecule has 7 heteroatoms. The Morgan fingerprint density at radius 3 is 2.43 bits per heavy atom. The van der Waals surface area contributed by atoms with E-state index in [1.54, 1.807) is 4.90 Å². The number of hydrogen-bond donors (Lipinski definition) is 1. The van der Waals surface area contributed by atoms with Gasteiger partial charge in [-0.2, -0.15) is 0 Å². The lowest BCUT2D eigenvalue weighted by atomic mass is 10.1. The van der Waals surface area contributed by atoms with Crippen LogP contribution in [0.15, 0.2) is 30.3 Å². The van der Waals surface area contributed by atoms with E-state index in [9.17, 15) is 14.4 Å². The number of benzene rings is 1. The van der Waals surface area contributed by atoms with E-state index in [2.05, 4.69) is 17.4 Å². The van der Waals surface area contributed by atoms with E-state index in [1.165, 1.54) is 12.5 Å². The molecule has 3 fully saturated rings. The number of amides is 3. The first-order valence-corrected chi connectivity index (χ1v) is 11.2. The molecule has 3 aliphatic rings. The van der Waals surface area contributed by atoms with Crippen LogP contribution in [-0.4, -0.2) is 83.8 Å². The molecule has 2 saturated heterocycles. The second kappa shape index (κ2) is 9.16. The number of nitrogens with one attached hydrogen (secondary N) is 1. The Hall–Kier alpha value is -2.41. The predicted molar refractivity (Wildman–Crippen MR) is 114 cm³/mol. The molecule has 0 spiro atoms. The molecule has 1 N–H and O–H groups in total. The van der Waals surface area contributed by atoms with Crippen molar-refractivity contribution >= 4 is 17.7 Å². The third kappa shape index (κ3) is 4.67. The smallest absolute Gasteiger partial charge is 0.245 e. The van der Waals surface area contributed by atoms with Gasteiger partial charge in [-0.15, -0.1) is 0 Å². The van der Waals surface area contributed by atoms with Crippen LogP contribution in [-0.2, 0) is 20.8 Å². The molecule has 2 unspecified atom stereocenters. The van der Waals surface area contributed by atoms with Crippen molar-refractivity contribution in [1.82, 2.24) is 20.0 Å². The zero-order valence-corrected chi connectivity index (χ0v) is 17.8. The zero-order chi connectivity index (χ0) is 21.1. The van der Waals surface area contributed by atoms with Crippen molar-refractivity contribution in [3.8, 4) is 0 Å². The van der Waals surface area contributed by atoms with E-state index in [0.717, 1.165) is 32.4 Å². The molecule has 162 valence electrons. The second-order valence-corrected chi connectivity index (χ2v) is 8.69. The topological polar surface area (TPSA) is 73.0 Å². The lowest BCUT2D eigenvalue weighted by molar-refractivity contribution is -0.143. The lowest BCUT2D eigenvalue weighted by Crippen LogP contribution is -2.53. The molecule has 1 aromatic rings. The fourth-order valence-electron chi connectivity index (χ4n) is 4.65. The van der Waals surface area contributed by atoms with Crippen molar-refractivity contribution in [3.63, 3.8) is 0 Å². The number of rotatable bonds is 6. The SMILES string of the molecule is CC(=O)N1CC(N(CCc2ccccc2)C(=O)C2CC2)CC1C(=O)N1CCNCC1. The van der Waals surface area contributed by atoms with E-state index in [-0.39, 0.29) is 29.7 Å². The molecule has 4 rings (SSSR count). The zero-order valence-electron chi connectivity index (χ0n) is 17.8. The van der Waals surface area contributed by atoms with Gasteiger partial charge in [0.2, 0.25) is 17.7 Å². The maximum absolute atomic E-state index is 13.2. The standard InChI is InChI=1S/C23H32N4O3/c1-17(28)27-16-20(15-21(27)23(30)25-13-10-24-11-14-25)26(22(29)19-7-8-19)12-9-18-5-3-2-4-6-18/h2-6,19-21,24H,7-16H2,1H3. The molecule has 2 aliphatic heterocycles. The number of hydrogen-bond acceptors (Lipinski definition) is 4. The van der Waals surface area contributed by atoms with E-state index in [4.69, 9.17) is 0 Å². The van der Waals surface area contributed by atoms with Crippen molar-refractivity contribution in [2.45, 2.75) is 44.7 Å². The van der Waals surface area contributed by atoms with Crippen molar-refractivity contribution in [1.29, 1.82) is 0 Å². The van der Waals surface area contributed by atoms with Crippen LogP contribution in [0.2, 0.25) is 0 Å². The van der Waals surface area contributed by atoms with Crippen LogP contribution in [0.5, 0.6) is 0 Å². The van der Waals surface area contributed by atoms with Gasteiger partial charge in [0.15, 0.2) is 0 Å². The van der Waals surface area contributed by atoms with Crippen molar-refractivity contribution in [2.75, 3.05) is 39.3 Å². The van der Waals surface area contributed by atoms with Gasteiger partial charge in [-0.05, 0) is 31.2 Å². The molecule has 0 bridgehead atoms. The molecule has 0 radical (unpaired) electrons. The van der Waals surface area contributed by atoms with Crippen LogP contribution >= 0.6 is 0 Å². The van der Waals surface area contributed by atoms with Crippen LogP contribution in [0, 0.1) is 5.92 Å². The van der Waals surface area contributed by atoms with E-state index >= 15 is 0 Å². The summed E-state index contributed by atoms with van der Waals surface area (Å²) in [5, 5.41) is 3.26. The molecule has 30 heavy (non-hydrogen) atoms. The Morgan fingerprint density at radius 1 is 1.10 bits per heavy atom. The first-order chi connectivity index (χ1) is 14.5. The highest BCUT2D eigenvalue weighted by Gasteiger charge is 2.45. The van der Waals surface area contributed by atoms with Crippen LogP contribution in [0.25, 0.3) is 0 Å². The molecule has 2 heterocycles. The molecule has 1 aromatic carbocycles. The fraction of sp³-hybridized carbons (Fsp3) is 0.609. The number of likely N-dealkylation sites (tertiary alicyclic amines) is 1. The molecule has 2 atom stereocenters. The largest absolute Gasteiger partial charge is 0.338 e. The minimum absolute atomic E-state index is 0.0241. The van der Waals surface area contributed by atoms with Gasteiger partial charge >= 0.3 is 0 Å². The summed E-state index contributed by atoms with van der Waals surface area (Å²) in [5.74, 6) is 0.244. The highest BCUT2D eigenvalue weighted by molar-refractivity contribution is 5.88. The third-order valence-electron chi connectivity index (χ3n) is 6.53. The summed E-state index contributed by atoms with van der Waals surface area (Å²) in [7, 11) is 0. The van der Waals surface area contributed by atoms with Crippen molar-refractivity contribution < 1.29 is 14.4 Å². The highest BCUT2D eigenvalue weighted by Crippen LogP contribution is 2.34. The van der Waals surface area contributed by atoms with Crippen LogP contribution in [0.4, 0.5) is 0 Å². The van der Waals surface area contributed by atoms with E-state index < -0.39 is 6.04 Å². The summed E-state index contributed by atoms with van der Waals surface area (Å²) < 4.78 is 0. The number of carbonyl (C=O) groups excluding carboxylic acids is 3. The van der Waals surface area contributed by atoms with Gasteiger partial charge in [0.05, 0.1) is 6.04 Å².